The number of thiazole rings is 1. The first kappa shape index (κ1) is 13.0. The number of aromatic nitrogens is 2. The van der Waals surface area contributed by atoms with E-state index in [9.17, 15) is 0 Å². The Kier molecular flexibility index (Phi) is 3.93. The second-order valence-electron chi connectivity index (χ2n) is 4.07. The second-order valence-corrected chi connectivity index (χ2v) is 5.10. The molecule has 0 saturated carbocycles. The zero-order valence-electron chi connectivity index (χ0n) is 11.0. The molecule has 2 aromatic heterocycles. The minimum absolute atomic E-state index is 0.322. The molecule has 4 nitrogen and oxygen atoms in total. The van der Waals surface area contributed by atoms with Gasteiger partial charge in [0.15, 0.2) is 0 Å². The van der Waals surface area contributed by atoms with Gasteiger partial charge in [0.25, 0.3) is 0 Å². The number of methoxy groups -OCH3 is 1. The average molecular weight is 263 g/mol. The van der Waals surface area contributed by atoms with Crippen molar-refractivity contribution in [3.8, 4) is 16.5 Å². The zero-order chi connectivity index (χ0) is 13.1. The molecule has 18 heavy (non-hydrogen) atoms. The van der Waals surface area contributed by atoms with Crippen molar-refractivity contribution in [2.45, 2.75) is 19.9 Å². The lowest BCUT2D eigenvalue weighted by atomic mass is 10.2. The summed E-state index contributed by atoms with van der Waals surface area (Å²) in [5.74, 6) is 0.621. The molecule has 0 aliphatic heterocycles. The molecular formula is C13H17N3OS. The van der Waals surface area contributed by atoms with Gasteiger partial charge in [-0.15, -0.1) is 11.3 Å². The summed E-state index contributed by atoms with van der Waals surface area (Å²) in [4.78, 5) is 10.1. The highest BCUT2D eigenvalue weighted by Gasteiger charge is 2.14. The lowest BCUT2D eigenvalue weighted by Gasteiger charge is -2.06. The standard InChI is InChI=1S/C13H17N3OS/c1-8(14-3)12-9(2)16-13(18-12)10-5-6-11(17-4)15-7-10/h5-8,14H,1-4H3. The lowest BCUT2D eigenvalue weighted by molar-refractivity contribution is 0.398. The van der Waals surface area contributed by atoms with Crippen LogP contribution in [0.1, 0.15) is 23.5 Å². The van der Waals surface area contributed by atoms with Crippen molar-refractivity contribution < 1.29 is 4.74 Å². The van der Waals surface area contributed by atoms with Gasteiger partial charge >= 0.3 is 0 Å². The molecule has 0 spiro atoms. The number of ether oxygens (including phenoxy) is 1. The van der Waals surface area contributed by atoms with Gasteiger partial charge in [-0.3, -0.25) is 0 Å². The van der Waals surface area contributed by atoms with E-state index in [1.807, 2.05) is 26.1 Å². The van der Waals surface area contributed by atoms with Crippen LogP contribution in [0.25, 0.3) is 10.6 Å². The molecule has 1 atom stereocenters. The molecule has 0 amide bonds. The van der Waals surface area contributed by atoms with Crippen LogP contribution in [0.4, 0.5) is 0 Å². The van der Waals surface area contributed by atoms with E-state index in [-0.39, 0.29) is 0 Å². The molecule has 0 bridgehead atoms. The van der Waals surface area contributed by atoms with E-state index in [1.165, 1.54) is 4.88 Å². The van der Waals surface area contributed by atoms with Gasteiger partial charge in [0.2, 0.25) is 5.88 Å². The van der Waals surface area contributed by atoms with Crippen LogP contribution < -0.4 is 10.1 Å². The molecular weight excluding hydrogens is 246 g/mol. The topological polar surface area (TPSA) is 47.0 Å². The Bertz CT molecular complexity index is 522. The summed E-state index contributed by atoms with van der Waals surface area (Å²) in [5.41, 5.74) is 2.10. The number of aryl methyl sites for hydroxylation is 1. The zero-order valence-corrected chi connectivity index (χ0v) is 11.8. The third kappa shape index (κ3) is 2.52. The summed E-state index contributed by atoms with van der Waals surface area (Å²) >= 11 is 1.70. The normalized spacial score (nSPS) is 12.4. The van der Waals surface area contributed by atoms with E-state index >= 15 is 0 Å². The van der Waals surface area contributed by atoms with Gasteiger partial charge in [-0.1, -0.05) is 0 Å². The van der Waals surface area contributed by atoms with Crippen molar-refractivity contribution in [1.82, 2.24) is 15.3 Å². The van der Waals surface area contributed by atoms with Crippen molar-refractivity contribution in [1.29, 1.82) is 0 Å². The molecule has 2 aromatic rings. The maximum Gasteiger partial charge on any atom is 0.212 e. The number of rotatable bonds is 4. The molecule has 0 aliphatic carbocycles. The molecule has 5 heteroatoms. The van der Waals surface area contributed by atoms with Gasteiger partial charge in [0.05, 0.1) is 12.8 Å². The Hall–Kier alpha value is -1.46. The third-order valence-corrected chi connectivity index (χ3v) is 4.24. The summed E-state index contributed by atoms with van der Waals surface area (Å²) < 4.78 is 5.05. The van der Waals surface area contributed by atoms with E-state index in [4.69, 9.17) is 4.74 Å². The van der Waals surface area contributed by atoms with Crippen LogP contribution >= 0.6 is 11.3 Å². The molecule has 96 valence electrons. The lowest BCUT2D eigenvalue weighted by Crippen LogP contribution is -2.11. The van der Waals surface area contributed by atoms with Crippen LogP contribution in [0.15, 0.2) is 18.3 Å². The maximum atomic E-state index is 5.05. The van der Waals surface area contributed by atoms with E-state index < -0.39 is 0 Å². The van der Waals surface area contributed by atoms with Crippen LogP contribution in [0.3, 0.4) is 0 Å². The fraction of sp³-hybridized carbons (Fsp3) is 0.385. The summed E-state index contributed by atoms with van der Waals surface area (Å²) in [7, 11) is 3.57. The predicted molar refractivity (Wildman–Crippen MR) is 74.1 cm³/mol. The molecule has 2 rings (SSSR count). The van der Waals surface area contributed by atoms with Gasteiger partial charge in [0.1, 0.15) is 5.01 Å². The van der Waals surface area contributed by atoms with E-state index in [2.05, 4.69) is 22.2 Å². The first-order valence-electron chi connectivity index (χ1n) is 5.80. The number of hydrogen-bond donors (Lipinski definition) is 1. The van der Waals surface area contributed by atoms with Gasteiger partial charge in [-0.25, -0.2) is 9.97 Å². The van der Waals surface area contributed by atoms with Crippen LogP contribution in [0, 0.1) is 6.92 Å². The highest BCUT2D eigenvalue weighted by atomic mass is 32.1. The summed E-state index contributed by atoms with van der Waals surface area (Å²) in [6.45, 7) is 4.18. The molecule has 0 saturated heterocycles. The Balaban J connectivity index is 2.33. The van der Waals surface area contributed by atoms with Crippen LogP contribution in [0.2, 0.25) is 0 Å². The molecule has 1 N–H and O–H groups in total. The summed E-state index contributed by atoms with van der Waals surface area (Å²) in [6, 6.07) is 4.16. The van der Waals surface area contributed by atoms with Crippen LogP contribution in [0.5, 0.6) is 5.88 Å². The van der Waals surface area contributed by atoms with Crippen LogP contribution in [-0.4, -0.2) is 24.1 Å². The van der Waals surface area contributed by atoms with E-state index in [0.29, 0.717) is 11.9 Å². The molecule has 0 aromatic carbocycles. The number of nitrogens with one attached hydrogen (secondary N) is 1. The van der Waals surface area contributed by atoms with Crippen LogP contribution in [-0.2, 0) is 0 Å². The summed E-state index contributed by atoms with van der Waals surface area (Å²) in [5, 5.41) is 4.24. The van der Waals surface area contributed by atoms with Crippen molar-refractivity contribution in [3.63, 3.8) is 0 Å². The Labute approximate surface area is 111 Å². The fourth-order valence-electron chi connectivity index (χ4n) is 1.69. The van der Waals surface area contributed by atoms with Gasteiger partial charge in [0, 0.05) is 28.7 Å². The van der Waals surface area contributed by atoms with E-state index in [1.54, 1.807) is 24.6 Å². The highest BCUT2D eigenvalue weighted by Crippen LogP contribution is 2.31. The Morgan fingerprint density at radius 3 is 2.72 bits per heavy atom. The predicted octanol–water partition coefficient (Wildman–Crippen LogP) is 2.80. The number of pyridine rings is 1. The average Bonchev–Trinajstić information content (AvgIpc) is 2.80. The first-order chi connectivity index (χ1) is 8.65. The minimum Gasteiger partial charge on any atom is -0.481 e. The Morgan fingerprint density at radius 1 is 1.39 bits per heavy atom. The van der Waals surface area contributed by atoms with Gasteiger partial charge in [-0.05, 0) is 27.0 Å². The number of nitrogens with zero attached hydrogens (tertiary/aromatic N) is 2. The monoisotopic (exact) mass is 263 g/mol. The minimum atomic E-state index is 0.322. The van der Waals surface area contributed by atoms with Crippen molar-refractivity contribution >= 4 is 11.3 Å². The number of hydrogen-bond acceptors (Lipinski definition) is 5. The van der Waals surface area contributed by atoms with E-state index in [0.717, 1.165) is 16.3 Å². The SMILES string of the molecule is CNC(C)c1sc(-c2ccc(OC)nc2)nc1C. The molecule has 0 aliphatic rings. The van der Waals surface area contributed by atoms with Gasteiger partial charge < -0.3 is 10.1 Å². The second kappa shape index (κ2) is 5.46. The molecule has 2 heterocycles. The van der Waals surface area contributed by atoms with Crippen molar-refractivity contribution in [3.05, 3.63) is 28.9 Å². The first-order valence-corrected chi connectivity index (χ1v) is 6.62. The van der Waals surface area contributed by atoms with Gasteiger partial charge in [-0.2, -0.15) is 0 Å². The Morgan fingerprint density at radius 2 is 2.17 bits per heavy atom. The van der Waals surface area contributed by atoms with Crippen molar-refractivity contribution in [2.24, 2.45) is 0 Å². The third-order valence-electron chi connectivity index (χ3n) is 2.85. The fourth-order valence-corrected chi connectivity index (χ4v) is 2.81. The largest absolute Gasteiger partial charge is 0.481 e. The van der Waals surface area contributed by atoms with Crippen molar-refractivity contribution in [2.75, 3.05) is 14.2 Å². The molecule has 0 radical (unpaired) electrons. The maximum absolute atomic E-state index is 5.05. The molecule has 1 unspecified atom stereocenters. The quantitative estimate of drug-likeness (QED) is 0.921. The smallest absolute Gasteiger partial charge is 0.212 e. The summed E-state index contributed by atoms with van der Waals surface area (Å²) in [6.07, 6.45) is 1.80. The highest BCUT2D eigenvalue weighted by molar-refractivity contribution is 7.15. The molecule has 0 fully saturated rings.